The van der Waals surface area contributed by atoms with E-state index in [1.54, 1.807) is 23.5 Å². The third-order valence-corrected chi connectivity index (χ3v) is 8.56. The van der Waals surface area contributed by atoms with E-state index in [4.69, 9.17) is 4.74 Å². The van der Waals surface area contributed by atoms with Crippen molar-refractivity contribution in [3.63, 3.8) is 0 Å². The molecular formula is C24H31N3O4S. The van der Waals surface area contributed by atoms with Crippen molar-refractivity contribution in [2.24, 2.45) is 0 Å². The molecule has 1 amide bonds. The molecule has 2 atom stereocenters. The number of piperidine rings is 1. The molecule has 172 valence electrons. The van der Waals surface area contributed by atoms with Gasteiger partial charge in [-0.25, -0.2) is 8.42 Å². The second kappa shape index (κ2) is 9.60. The summed E-state index contributed by atoms with van der Waals surface area (Å²) in [6.07, 6.45) is 1.93. The van der Waals surface area contributed by atoms with Crippen LogP contribution in [0.5, 0.6) is 5.75 Å². The Morgan fingerprint density at radius 3 is 2.34 bits per heavy atom. The van der Waals surface area contributed by atoms with Crippen LogP contribution < -0.4 is 10.1 Å². The van der Waals surface area contributed by atoms with Crippen LogP contribution >= 0.6 is 0 Å². The number of likely N-dealkylation sites (tertiary alicyclic amines) is 1. The summed E-state index contributed by atoms with van der Waals surface area (Å²) < 4.78 is 34.0. The maximum atomic E-state index is 13.1. The van der Waals surface area contributed by atoms with Crippen LogP contribution in [0.3, 0.4) is 0 Å². The summed E-state index contributed by atoms with van der Waals surface area (Å²) in [5, 5.41) is 2.78. The van der Waals surface area contributed by atoms with E-state index in [1.807, 2.05) is 49.4 Å². The van der Waals surface area contributed by atoms with Gasteiger partial charge in [0.25, 0.3) is 0 Å². The number of aryl methyl sites for hydroxylation is 1. The number of carbonyl (C=O) groups excluding carboxylic acids is 1. The molecule has 0 aliphatic carbocycles. The average Bonchev–Trinajstić information content (AvgIpc) is 3.23. The van der Waals surface area contributed by atoms with Gasteiger partial charge in [-0.2, -0.15) is 4.31 Å². The Morgan fingerprint density at radius 2 is 1.69 bits per heavy atom. The molecule has 2 aromatic rings. The molecule has 32 heavy (non-hydrogen) atoms. The first-order chi connectivity index (χ1) is 15.4. The third kappa shape index (κ3) is 4.67. The van der Waals surface area contributed by atoms with Crippen molar-refractivity contribution in [1.82, 2.24) is 14.5 Å². The maximum Gasteiger partial charge on any atom is 0.243 e. The molecule has 0 radical (unpaired) electrons. The molecule has 0 aromatic heterocycles. The van der Waals surface area contributed by atoms with Crippen LogP contribution in [-0.4, -0.2) is 68.4 Å². The molecule has 1 N–H and O–H groups in total. The van der Waals surface area contributed by atoms with Gasteiger partial charge >= 0.3 is 0 Å². The fourth-order valence-corrected chi connectivity index (χ4v) is 6.52. The second-order valence-electron chi connectivity index (χ2n) is 8.52. The summed E-state index contributed by atoms with van der Waals surface area (Å²) in [5.41, 5.74) is 0.759. The summed E-state index contributed by atoms with van der Waals surface area (Å²) in [6.45, 7) is 3.37. The van der Waals surface area contributed by atoms with Gasteiger partial charge in [-0.05, 0) is 43.5 Å². The standard InChI is InChI=1S/C24H31N3O4S/c1-18-8-6-7-11-23(18)32(29,30)26-14-12-19(13-15-26)27-17-21(16-22(27)24(28)25-2)31-20-9-4-3-5-10-20/h3-11,19,21-22H,12-17H2,1-2H3,(H,25,28)/t21-,22-/m0/s1. The molecule has 2 fully saturated rings. The van der Waals surface area contributed by atoms with E-state index in [0.29, 0.717) is 43.8 Å². The molecule has 2 saturated heterocycles. The molecule has 4 rings (SSSR count). The van der Waals surface area contributed by atoms with E-state index in [9.17, 15) is 13.2 Å². The van der Waals surface area contributed by atoms with Crippen LogP contribution in [0, 0.1) is 6.92 Å². The van der Waals surface area contributed by atoms with Gasteiger partial charge in [0, 0.05) is 39.1 Å². The quantitative estimate of drug-likeness (QED) is 0.721. The Labute approximate surface area is 190 Å². The number of carbonyl (C=O) groups is 1. The van der Waals surface area contributed by atoms with Crippen molar-refractivity contribution in [3.8, 4) is 5.75 Å². The number of likely N-dealkylation sites (N-methyl/N-ethyl adjacent to an activating group) is 1. The van der Waals surface area contributed by atoms with Gasteiger partial charge in [0.2, 0.25) is 15.9 Å². The first kappa shape index (κ1) is 22.8. The topological polar surface area (TPSA) is 79.0 Å². The van der Waals surface area contributed by atoms with Crippen LogP contribution in [-0.2, 0) is 14.8 Å². The Bertz CT molecular complexity index is 1040. The van der Waals surface area contributed by atoms with Crippen LogP contribution in [0.4, 0.5) is 0 Å². The number of nitrogens with one attached hydrogen (secondary N) is 1. The Balaban J connectivity index is 1.44. The molecule has 2 aromatic carbocycles. The normalized spacial score (nSPS) is 23.2. The van der Waals surface area contributed by atoms with Gasteiger partial charge in [0.15, 0.2) is 0 Å². The predicted octanol–water partition coefficient (Wildman–Crippen LogP) is 2.42. The largest absolute Gasteiger partial charge is 0.489 e. The minimum atomic E-state index is -3.51. The SMILES string of the molecule is CNC(=O)[C@@H]1C[C@H](Oc2ccccc2)CN1C1CCN(S(=O)(=O)c2ccccc2C)CC1. The number of hydrogen-bond donors (Lipinski definition) is 1. The maximum absolute atomic E-state index is 13.1. The highest BCUT2D eigenvalue weighted by atomic mass is 32.2. The summed E-state index contributed by atoms with van der Waals surface area (Å²) in [5.74, 6) is 0.785. The van der Waals surface area contributed by atoms with E-state index >= 15 is 0 Å². The van der Waals surface area contributed by atoms with E-state index in [0.717, 1.165) is 11.3 Å². The number of benzene rings is 2. The third-order valence-electron chi connectivity index (χ3n) is 6.50. The molecule has 0 unspecified atom stereocenters. The lowest BCUT2D eigenvalue weighted by Crippen LogP contribution is -2.51. The van der Waals surface area contributed by atoms with Crippen LogP contribution in [0.2, 0.25) is 0 Å². The van der Waals surface area contributed by atoms with Crippen molar-refractivity contribution in [2.45, 2.75) is 49.3 Å². The Morgan fingerprint density at radius 1 is 1.03 bits per heavy atom. The molecule has 8 heteroatoms. The number of nitrogens with zero attached hydrogens (tertiary/aromatic N) is 2. The van der Waals surface area contributed by atoms with Gasteiger partial charge in [-0.3, -0.25) is 9.69 Å². The van der Waals surface area contributed by atoms with E-state index < -0.39 is 10.0 Å². The molecule has 2 aliphatic rings. The molecule has 2 heterocycles. The van der Waals surface area contributed by atoms with Gasteiger partial charge in [-0.15, -0.1) is 0 Å². The highest BCUT2D eigenvalue weighted by molar-refractivity contribution is 7.89. The number of amides is 1. The number of hydrogen-bond acceptors (Lipinski definition) is 5. The second-order valence-corrected chi connectivity index (χ2v) is 10.4. The molecule has 2 aliphatic heterocycles. The van der Waals surface area contributed by atoms with Crippen LogP contribution in [0.15, 0.2) is 59.5 Å². The highest BCUT2D eigenvalue weighted by Gasteiger charge is 2.43. The Kier molecular flexibility index (Phi) is 6.83. The van der Waals surface area contributed by atoms with Crippen molar-refractivity contribution in [3.05, 3.63) is 60.2 Å². The van der Waals surface area contributed by atoms with Crippen molar-refractivity contribution in [1.29, 1.82) is 0 Å². The first-order valence-corrected chi connectivity index (χ1v) is 12.6. The summed E-state index contributed by atoms with van der Waals surface area (Å²) in [4.78, 5) is 15.2. The zero-order valence-electron chi connectivity index (χ0n) is 18.6. The monoisotopic (exact) mass is 457 g/mol. The fourth-order valence-electron chi connectivity index (χ4n) is 4.83. The van der Waals surface area contributed by atoms with E-state index in [2.05, 4.69) is 10.2 Å². The van der Waals surface area contributed by atoms with Gasteiger partial charge in [0.05, 0.1) is 10.9 Å². The lowest BCUT2D eigenvalue weighted by Gasteiger charge is -2.38. The molecule has 0 bridgehead atoms. The smallest absolute Gasteiger partial charge is 0.243 e. The predicted molar refractivity (Wildman–Crippen MR) is 123 cm³/mol. The minimum Gasteiger partial charge on any atom is -0.489 e. The summed E-state index contributed by atoms with van der Waals surface area (Å²) in [6, 6.07) is 16.6. The minimum absolute atomic E-state index is 0.0147. The zero-order chi connectivity index (χ0) is 22.7. The lowest BCUT2D eigenvalue weighted by atomic mass is 10.0. The van der Waals surface area contributed by atoms with E-state index in [1.165, 1.54) is 0 Å². The van der Waals surface area contributed by atoms with Gasteiger partial charge in [0.1, 0.15) is 11.9 Å². The zero-order valence-corrected chi connectivity index (χ0v) is 19.4. The fraction of sp³-hybridized carbons (Fsp3) is 0.458. The summed E-state index contributed by atoms with van der Waals surface area (Å²) in [7, 11) is -1.86. The highest BCUT2D eigenvalue weighted by Crippen LogP contribution is 2.31. The number of sulfonamides is 1. The molecule has 0 spiro atoms. The van der Waals surface area contributed by atoms with Crippen molar-refractivity contribution < 1.29 is 17.9 Å². The molecule has 0 saturated carbocycles. The van der Waals surface area contributed by atoms with Gasteiger partial charge < -0.3 is 10.1 Å². The lowest BCUT2D eigenvalue weighted by molar-refractivity contribution is -0.126. The number of para-hydroxylation sites is 1. The van der Waals surface area contributed by atoms with Crippen molar-refractivity contribution in [2.75, 3.05) is 26.7 Å². The average molecular weight is 458 g/mol. The first-order valence-electron chi connectivity index (χ1n) is 11.1. The number of rotatable bonds is 6. The molecule has 7 nitrogen and oxygen atoms in total. The van der Waals surface area contributed by atoms with E-state index in [-0.39, 0.29) is 24.1 Å². The van der Waals surface area contributed by atoms with Crippen LogP contribution in [0.25, 0.3) is 0 Å². The van der Waals surface area contributed by atoms with Gasteiger partial charge in [-0.1, -0.05) is 36.4 Å². The number of ether oxygens (including phenoxy) is 1. The Hall–Kier alpha value is -2.42. The molecular weight excluding hydrogens is 426 g/mol. The van der Waals surface area contributed by atoms with Crippen LogP contribution in [0.1, 0.15) is 24.8 Å². The van der Waals surface area contributed by atoms with Crippen molar-refractivity contribution >= 4 is 15.9 Å². The summed E-state index contributed by atoms with van der Waals surface area (Å²) >= 11 is 0.